The molecule has 170 valence electrons. The predicted molar refractivity (Wildman–Crippen MR) is 138 cm³/mol. The lowest BCUT2D eigenvalue weighted by Crippen LogP contribution is -2.47. The fourth-order valence-corrected chi connectivity index (χ4v) is 3.53. The third kappa shape index (κ3) is 9.64. The molecule has 1 heterocycles. The lowest BCUT2D eigenvalue weighted by Gasteiger charge is -2.31. The standard InChI is InChI=1S/C23H39N5O.HI/c1-6-17(2)19-7-9-20(10-8-19)26-22(24)25-15-18-11-13-28(14-12-18)16-21(29)27-23(3,4)5;/h7-10,17-18H,6,11-16H2,1-5H3,(H,27,29)(H3,24,25,26);1H. The summed E-state index contributed by atoms with van der Waals surface area (Å²) in [5, 5.41) is 6.21. The number of carbonyl (C=O) groups is 1. The number of aliphatic imine (C=N–C) groups is 1. The van der Waals surface area contributed by atoms with Crippen LogP contribution >= 0.6 is 24.0 Å². The fourth-order valence-electron chi connectivity index (χ4n) is 3.53. The normalized spacial score (nSPS) is 17.2. The highest BCUT2D eigenvalue weighted by atomic mass is 127. The molecule has 0 radical (unpaired) electrons. The lowest BCUT2D eigenvalue weighted by molar-refractivity contribution is -0.124. The fraction of sp³-hybridized carbons (Fsp3) is 0.652. The van der Waals surface area contributed by atoms with Gasteiger partial charge < -0.3 is 16.4 Å². The van der Waals surface area contributed by atoms with E-state index in [0.717, 1.165) is 44.6 Å². The van der Waals surface area contributed by atoms with Gasteiger partial charge in [-0.25, -0.2) is 0 Å². The van der Waals surface area contributed by atoms with Crippen molar-refractivity contribution in [2.24, 2.45) is 16.6 Å². The van der Waals surface area contributed by atoms with Crippen LogP contribution in [0.15, 0.2) is 29.3 Å². The third-order valence-electron chi connectivity index (χ3n) is 5.47. The maximum Gasteiger partial charge on any atom is 0.234 e. The number of benzene rings is 1. The van der Waals surface area contributed by atoms with Crippen molar-refractivity contribution in [2.75, 3.05) is 31.5 Å². The van der Waals surface area contributed by atoms with Crippen LogP contribution in [-0.2, 0) is 4.79 Å². The average Bonchev–Trinajstić information content (AvgIpc) is 2.66. The van der Waals surface area contributed by atoms with Crippen molar-refractivity contribution in [2.45, 2.75) is 65.3 Å². The molecule has 1 aliphatic heterocycles. The molecule has 1 unspecified atom stereocenters. The Morgan fingerprint density at radius 2 is 1.83 bits per heavy atom. The van der Waals surface area contributed by atoms with E-state index in [1.807, 2.05) is 20.8 Å². The minimum Gasteiger partial charge on any atom is -0.370 e. The monoisotopic (exact) mass is 529 g/mol. The summed E-state index contributed by atoms with van der Waals surface area (Å²) in [5.74, 6) is 1.65. The van der Waals surface area contributed by atoms with Gasteiger partial charge in [-0.2, -0.15) is 0 Å². The van der Waals surface area contributed by atoms with Crippen molar-refractivity contribution in [3.05, 3.63) is 29.8 Å². The lowest BCUT2D eigenvalue weighted by atomic mass is 9.97. The highest BCUT2D eigenvalue weighted by molar-refractivity contribution is 14.0. The minimum absolute atomic E-state index is 0. The number of hydrogen-bond donors (Lipinski definition) is 3. The Balaban J connectivity index is 0.00000450. The van der Waals surface area contributed by atoms with Gasteiger partial charge in [0.25, 0.3) is 0 Å². The number of carbonyl (C=O) groups excluding carboxylic acids is 1. The van der Waals surface area contributed by atoms with Crippen molar-refractivity contribution < 1.29 is 4.79 Å². The summed E-state index contributed by atoms with van der Waals surface area (Å²) in [7, 11) is 0. The third-order valence-corrected chi connectivity index (χ3v) is 5.47. The SMILES string of the molecule is CCC(C)c1ccc(NC(N)=NCC2CCN(CC(=O)NC(C)(C)C)CC2)cc1.I. The number of anilines is 1. The topological polar surface area (TPSA) is 82.8 Å². The molecule has 6 nitrogen and oxygen atoms in total. The van der Waals surface area contributed by atoms with Crippen LogP contribution in [0.4, 0.5) is 5.69 Å². The highest BCUT2D eigenvalue weighted by Gasteiger charge is 2.22. The van der Waals surface area contributed by atoms with E-state index in [0.29, 0.717) is 24.3 Å². The Bertz CT molecular complexity index is 676. The molecule has 1 aromatic rings. The van der Waals surface area contributed by atoms with Crippen molar-refractivity contribution in [3.63, 3.8) is 0 Å². The molecule has 1 aromatic carbocycles. The quantitative estimate of drug-likeness (QED) is 0.281. The molecule has 0 saturated carbocycles. The Labute approximate surface area is 199 Å². The summed E-state index contributed by atoms with van der Waals surface area (Å²) in [4.78, 5) is 18.8. The smallest absolute Gasteiger partial charge is 0.234 e. The van der Waals surface area contributed by atoms with Crippen LogP contribution in [0.2, 0.25) is 0 Å². The average molecular weight is 530 g/mol. The second kappa shape index (κ2) is 12.5. The Morgan fingerprint density at radius 3 is 2.37 bits per heavy atom. The molecule has 0 bridgehead atoms. The van der Waals surface area contributed by atoms with Gasteiger partial charge in [-0.1, -0.05) is 26.0 Å². The van der Waals surface area contributed by atoms with Gasteiger partial charge in [0, 0.05) is 17.8 Å². The van der Waals surface area contributed by atoms with Crippen LogP contribution in [0.1, 0.15) is 65.4 Å². The maximum absolute atomic E-state index is 12.1. The Hall–Kier alpha value is -1.35. The predicted octanol–water partition coefficient (Wildman–Crippen LogP) is 4.17. The summed E-state index contributed by atoms with van der Waals surface area (Å²) in [5.41, 5.74) is 8.21. The number of guanidine groups is 1. The van der Waals surface area contributed by atoms with Gasteiger partial charge in [0.2, 0.25) is 5.91 Å². The Morgan fingerprint density at radius 1 is 1.23 bits per heavy atom. The first-order chi connectivity index (χ1) is 13.7. The summed E-state index contributed by atoms with van der Waals surface area (Å²) in [6, 6.07) is 8.42. The van der Waals surface area contributed by atoms with E-state index in [4.69, 9.17) is 5.73 Å². The second-order valence-electron chi connectivity index (χ2n) is 9.30. The second-order valence-corrected chi connectivity index (χ2v) is 9.30. The number of piperidine rings is 1. The van der Waals surface area contributed by atoms with Crippen LogP contribution < -0.4 is 16.4 Å². The molecule has 30 heavy (non-hydrogen) atoms. The van der Waals surface area contributed by atoms with Gasteiger partial charge in [0.1, 0.15) is 0 Å². The van der Waals surface area contributed by atoms with Gasteiger partial charge in [0.15, 0.2) is 5.96 Å². The van der Waals surface area contributed by atoms with Crippen molar-refractivity contribution in [1.82, 2.24) is 10.2 Å². The zero-order valence-electron chi connectivity index (χ0n) is 19.2. The van der Waals surface area contributed by atoms with Gasteiger partial charge in [-0.15, -0.1) is 24.0 Å². The number of rotatable bonds is 7. The Kier molecular flexibility index (Phi) is 11.1. The summed E-state index contributed by atoms with van der Waals surface area (Å²) in [6.07, 6.45) is 3.23. The van der Waals surface area contributed by atoms with Crippen LogP contribution in [0.3, 0.4) is 0 Å². The molecule has 1 amide bonds. The number of likely N-dealkylation sites (tertiary alicyclic amines) is 1. The van der Waals surface area contributed by atoms with E-state index in [-0.39, 0.29) is 35.4 Å². The molecule has 0 spiro atoms. The van der Waals surface area contributed by atoms with Gasteiger partial charge in [0.05, 0.1) is 6.54 Å². The molecule has 1 fully saturated rings. The van der Waals surface area contributed by atoms with Crippen molar-refractivity contribution in [1.29, 1.82) is 0 Å². The van der Waals surface area contributed by atoms with Crippen LogP contribution in [0, 0.1) is 5.92 Å². The number of hydrogen-bond acceptors (Lipinski definition) is 3. The van der Waals surface area contributed by atoms with E-state index < -0.39 is 0 Å². The van der Waals surface area contributed by atoms with Crippen LogP contribution in [0.25, 0.3) is 0 Å². The molecule has 4 N–H and O–H groups in total. The van der Waals surface area contributed by atoms with E-state index in [1.54, 1.807) is 0 Å². The van der Waals surface area contributed by atoms with E-state index in [9.17, 15) is 4.79 Å². The van der Waals surface area contributed by atoms with E-state index >= 15 is 0 Å². The van der Waals surface area contributed by atoms with Gasteiger partial charge in [-0.3, -0.25) is 14.7 Å². The molecule has 0 aromatic heterocycles. The number of nitrogens with two attached hydrogens (primary N) is 1. The molecular weight excluding hydrogens is 489 g/mol. The summed E-state index contributed by atoms with van der Waals surface area (Å²) in [6.45, 7) is 13.5. The van der Waals surface area contributed by atoms with Crippen molar-refractivity contribution >= 4 is 41.5 Å². The van der Waals surface area contributed by atoms with E-state index in [1.165, 1.54) is 5.56 Å². The maximum atomic E-state index is 12.1. The number of halogens is 1. The minimum atomic E-state index is -0.177. The van der Waals surface area contributed by atoms with E-state index in [2.05, 4.69) is 58.6 Å². The molecule has 1 aliphatic rings. The largest absolute Gasteiger partial charge is 0.370 e. The molecule has 1 atom stereocenters. The first-order valence-corrected chi connectivity index (χ1v) is 10.9. The number of nitrogens with zero attached hydrogens (tertiary/aromatic N) is 2. The van der Waals surface area contributed by atoms with Gasteiger partial charge in [-0.05, 0) is 82.7 Å². The summed E-state index contributed by atoms with van der Waals surface area (Å²) < 4.78 is 0. The zero-order valence-corrected chi connectivity index (χ0v) is 21.5. The molecular formula is C23H40IN5O. The van der Waals surface area contributed by atoms with Gasteiger partial charge >= 0.3 is 0 Å². The molecule has 0 aliphatic carbocycles. The molecule has 2 rings (SSSR count). The number of nitrogens with one attached hydrogen (secondary N) is 2. The van der Waals surface area contributed by atoms with Crippen molar-refractivity contribution in [3.8, 4) is 0 Å². The highest BCUT2D eigenvalue weighted by Crippen LogP contribution is 2.21. The first-order valence-electron chi connectivity index (χ1n) is 10.9. The van der Waals surface area contributed by atoms with Crippen LogP contribution in [-0.4, -0.2) is 48.5 Å². The molecule has 1 saturated heterocycles. The number of amides is 1. The molecule has 7 heteroatoms. The first kappa shape index (κ1) is 26.7. The summed E-state index contributed by atoms with van der Waals surface area (Å²) >= 11 is 0. The zero-order chi connectivity index (χ0) is 21.4. The van der Waals surface area contributed by atoms with Crippen LogP contribution in [0.5, 0.6) is 0 Å².